The van der Waals surface area contributed by atoms with Gasteiger partial charge in [0, 0.05) is 5.03 Å². The first-order valence-electron chi connectivity index (χ1n) is 8.01. The second-order valence-electron chi connectivity index (χ2n) is 5.68. The maximum absolute atomic E-state index is 11.3. The van der Waals surface area contributed by atoms with Gasteiger partial charge in [-0.25, -0.2) is 4.79 Å². The number of halogens is 1. The van der Waals surface area contributed by atoms with Gasteiger partial charge in [-0.2, -0.15) is 0 Å². The van der Waals surface area contributed by atoms with Crippen LogP contribution in [0.2, 0.25) is 0 Å². The van der Waals surface area contributed by atoms with Gasteiger partial charge in [-0.15, -0.1) is 0 Å². The van der Waals surface area contributed by atoms with E-state index in [2.05, 4.69) is 13.2 Å². The summed E-state index contributed by atoms with van der Waals surface area (Å²) in [5.74, 6) is -0.975. The molecule has 24 heavy (non-hydrogen) atoms. The maximum atomic E-state index is 11.3. The summed E-state index contributed by atoms with van der Waals surface area (Å²) in [6, 6.07) is 0. The molecule has 0 bridgehead atoms. The Labute approximate surface area is 149 Å². The van der Waals surface area contributed by atoms with Gasteiger partial charge < -0.3 is 5.11 Å². The van der Waals surface area contributed by atoms with Gasteiger partial charge in [0.05, 0.1) is 5.57 Å². The monoisotopic (exact) mass is 344 g/mol. The lowest BCUT2D eigenvalue weighted by atomic mass is 9.92. The maximum Gasteiger partial charge on any atom is 0.335 e. The Hall–Kier alpha value is -2.06. The van der Waals surface area contributed by atoms with Gasteiger partial charge in [0.1, 0.15) is 0 Å². The molecular weight excluding hydrogens is 320 g/mol. The highest BCUT2D eigenvalue weighted by molar-refractivity contribution is 6.31. The van der Waals surface area contributed by atoms with Crippen molar-refractivity contribution in [3.63, 3.8) is 0 Å². The van der Waals surface area contributed by atoms with Crippen LogP contribution >= 0.6 is 11.6 Å². The second kappa shape index (κ2) is 9.29. The molecule has 0 aromatic rings. The van der Waals surface area contributed by atoms with E-state index in [1.165, 1.54) is 11.6 Å². The van der Waals surface area contributed by atoms with Crippen molar-refractivity contribution in [3.8, 4) is 0 Å². The molecular formula is C21H25ClO2. The first-order valence-corrected chi connectivity index (χ1v) is 8.39. The van der Waals surface area contributed by atoms with Crippen molar-refractivity contribution >= 4 is 17.6 Å². The van der Waals surface area contributed by atoms with E-state index in [-0.39, 0.29) is 5.57 Å². The number of rotatable bonds is 7. The van der Waals surface area contributed by atoms with Crippen LogP contribution in [-0.2, 0) is 4.79 Å². The SMILES string of the molecule is C=C/C(=C\C(=C/C)C1=C(/C(=C/C(Cl)=C\C)C(=C)C)CCC1)C(=O)O. The van der Waals surface area contributed by atoms with E-state index < -0.39 is 5.97 Å². The fraction of sp³-hybridized carbons (Fsp3) is 0.286. The van der Waals surface area contributed by atoms with Crippen molar-refractivity contribution < 1.29 is 9.90 Å². The Morgan fingerprint density at radius 2 is 1.79 bits per heavy atom. The summed E-state index contributed by atoms with van der Waals surface area (Å²) in [6.07, 6.45) is 11.7. The molecule has 2 nitrogen and oxygen atoms in total. The van der Waals surface area contributed by atoms with E-state index in [0.29, 0.717) is 5.03 Å². The highest BCUT2D eigenvalue weighted by atomic mass is 35.5. The van der Waals surface area contributed by atoms with Gasteiger partial charge in [-0.3, -0.25) is 0 Å². The minimum Gasteiger partial charge on any atom is -0.478 e. The molecule has 1 N–H and O–H groups in total. The molecule has 0 spiro atoms. The molecule has 3 heteroatoms. The Morgan fingerprint density at radius 3 is 2.25 bits per heavy atom. The Morgan fingerprint density at radius 1 is 1.17 bits per heavy atom. The quantitative estimate of drug-likeness (QED) is 0.437. The first-order chi connectivity index (χ1) is 11.3. The second-order valence-corrected chi connectivity index (χ2v) is 6.11. The van der Waals surface area contributed by atoms with E-state index in [9.17, 15) is 9.90 Å². The molecule has 1 rings (SSSR count). The van der Waals surface area contributed by atoms with Gasteiger partial charge in [0.15, 0.2) is 0 Å². The Bertz CT molecular complexity index is 697. The van der Waals surface area contributed by atoms with Crippen LogP contribution in [0.3, 0.4) is 0 Å². The fourth-order valence-corrected chi connectivity index (χ4v) is 2.88. The topological polar surface area (TPSA) is 37.3 Å². The van der Waals surface area contributed by atoms with Crippen molar-refractivity contribution in [1.29, 1.82) is 0 Å². The third-order valence-electron chi connectivity index (χ3n) is 4.00. The van der Waals surface area contributed by atoms with Crippen LogP contribution in [0, 0.1) is 0 Å². The highest BCUT2D eigenvalue weighted by Crippen LogP contribution is 2.39. The van der Waals surface area contributed by atoms with Gasteiger partial charge in [0.25, 0.3) is 0 Å². The molecule has 0 aliphatic heterocycles. The zero-order valence-electron chi connectivity index (χ0n) is 14.7. The van der Waals surface area contributed by atoms with Gasteiger partial charge >= 0.3 is 5.97 Å². The van der Waals surface area contributed by atoms with Gasteiger partial charge in [-0.1, -0.05) is 48.6 Å². The van der Waals surface area contributed by atoms with Crippen LogP contribution in [-0.4, -0.2) is 11.1 Å². The van der Waals surface area contributed by atoms with Crippen LogP contribution < -0.4 is 0 Å². The summed E-state index contributed by atoms with van der Waals surface area (Å²) in [5.41, 5.74) is 5.45. The molecule has 0 aromatic carbocycles. The molecule has 0 saturated heterocycles. The molecule has 0 saturated carbocycles. The molecule has 128 valence electrons. The summed E-state index contributed by atoms with van der Waals surface area (Å²) in [5, 5.41) is 9.91. The van der Waals surface area contributed by atoms with Gasteiger partial charge in [-0.05, 0) is 74.5 Å². The Kier molecular flexibility index (Phi) is 7.73. The fourth-order valence-electron chi connectivity index (χ4n) is 2.77. The van der Waals surface area contributed by atoms with Crippen molar-refractivity contribution in [1.82, 2.24) is 0 Å². The summed E-state index contributed by atoms with van der Waals surface area (Å²) in [6.45, 7) is 13.4. The minimum absolute atomic E-state index is 0.189. The highest BCUT2D eigenvalue weighted by Gasteiger charge is 2.21. The van der Waals surface area contributed by atoms with Crippen LogP contribution in [0.1, 0.15) is 40.0 Å². The Balaban J connectivity index is 3.49. The molecule has 0 amide bonds. The van der Waals surface area contributed by atoms with E-state index in [0.717, 1.165) is 41.6 Å². The van der Waals surface area contributed by atoms with Crippen molar-refractivity contribution in [2.45, 2.75) is 40.0 Å². The predicted molar refractivity (Wildman–Crippen MR) is 103 cm³/mol. The zero-order valence-corrected chi connectivity index (χ0v) is 15.4. The molecule has 0 aromatic heterocycles. The third kappa shape index (κ3) is 4.97. The van der Waals surface area contributed by atoms with Crippen molar-refractivity contribution in [2.75, 3.05) is 0 Å². The smallest absolute Gasteiger partial charge is 0.335 e. The van der Waals surface area contributed by atoms with Crippen molar-refractivity contribution in [3.05, 3.63) is 82.0 Å². The van der Waals surface area contributed by atoms with E-state index in [1.54, 1.807) is 6.08 Å². The number of carboxylic acids is 1. The van der Waals surface area contributed by atoms with Crippen LogP contribution in [0.15, 0.2) is 82.0 Å². The summed E-state index contributed by atoms with van der Waals surface area (Å²) >= 11 is 6.20. The molecule has 0 atom stereocenters. The van der Waals surface area contributed by atoms with Gasteiger partial charge in [0.2, 0.25) is 0 Å². The number of aliphatic carboxylic acids is 1. The van der Waals surface area contributed by atoms with E-state index >= 15 is 0 Å². The third-order valence-corrected chi connectivity index (χ3v) is 4.33. The van der Waals surface area contributed by atoms with E-state index in [4.69, 9.17) is 11.6 Å². The number of allylic oxidation sites excluding steroid dienone is 10. The molecule has 0 fully saturated rings. The first kappa shape index (κ1) is 20.0. The molecule has 0 radical (unpaired) electrons. The normalized spacial score (nSPS) is 17.3. The molecule has 0 heterocycles. The predicted octanol–water partition coefficient (Wildman–Crippen LogP) is 6.26. The lowest BCUT2D eigenvalue weighted by Gasteiger charge is -2.14. The number of carboxylic acid groups (broad SMARTS) is 1. The lowest BCUT2D eigenvalue weighted by molar-refractivity contribution is -0.132. The summed E-state index contributed by atoms with van der Waals surface area (Å²) in [7, 11) is 0. The summed E-state index contributed by atoms with van der Waals surface area (Å²) in [4.78, 5) is 11.3. The lowest BCUT2D eigenvalue weighted by Crippen LogP contribution is -2.00. The number of carbonyl (C=O) groups is 1. The minimum atomic E-state index is -0.975. The zero-order chi connectivity index (χ0) is 18.3. The molecule has 0 unspecified atom stereocenters. The standard InChI is InChI=1S/C21H25ClO2/c1-6-15(12-16(7-2)21(23)24)18-10-9-11-19(18)20(14(4)5)13-17(22)8-3/h6-8,12-13H,2,4,9-11H2,1,3,5H3,(H,23,24)/b15-6+,16-12+,17-8+,20-13+. The number of hydrogen-bond donors (Lipinski definition) is 1. The summed E-state index contributed by atoms with van der Waals surface area (Å²) < 4.78 is 0. The molecule has 1 aliphatic rings. The average molecular weight is 345 g/mol. The van der Waals surface area contributed by atoms with Crippen LogP contribution in [0.5, 0.6) is 0 Å². The average Bonchev–Trinajstić information content (AvgIpc) is 3.01. The van der Waals surface area contributed by atoms with Crippen molar-refractivity contribution in [2.24, 2.45) is 0 Å². The van der Waals surface area contributed by atoms with Crippen LogP contribution in [0.4, 0.5) is 0 Å². The number of hydrogen-bond acceptors (Lipinski definition) is 1. The van der Waals surface area contributed by atoms with E-state index in [1.807, 2.05) is 39.0 Å². The van der Waals surface area contributed by atoms with Crippen LogP contribution in [0.25, 0.3) is 0 Å². The largest absolute Gasteiger partial charge is 0.478 e. The molecule has 1 aliphatic carbocycles.